The molecule has 0 saturated heterocycles. The Bertz CT molecular complexity index is 1450. The number of nitrogens with one attached hydrogen (secondary N) is 1. The maximum atomic E-state index is 13.4. The van der Waals surface area contributed by atoms with E-state index >= 15 is 0 Å². The second-order valence-electron chi connectivity index (χ2n) is 9.23. The monoisotopic (exact) mass is 484 g/mol. The minimum atomic E-state index is -0.288. The van der Waals surface area contributed by atoms with Crippen LogP contribution in [-0.4, -0.2) is 32.3 Å². The van der Waals surface area contributed by atoms with Crippen molar-refractivity contribution in [2.75, 3.05) is 10.2 Å². The van der Waals surface area contributed by atoms with Crippen molar-refractivity contribution in [1.29, 1.82) is 0 Å². The van der Waals surface area contributed by atoms with Gasteiger partial charge in [0.25, 0.3) is 5.91 Å². The number of rotatable bonds is 5. The number of fused-ring (bicyclic) bond motifs is 1. The first kappa shape index (κ1) is 23.4. The van der Waals surface area contributed by atoms with Gasteiger partial charge in [-0.1, -0.05) is 11.2 Å². The van der Waals surface area contributed by atoms with E-state index in [4.69, 9.17) is 9.51 Å². The third kappa shape index (κ3) is 4.49. The Hall–Kier alpha value is -4.33. The molecular formula is C28H28N4O4. The first-order chi connectivity index (χ1) is 17.3. The summed E-state index contributed by atoms with van der Waals surface area (Å²) in [5.41, 5.74) is 5.85. The van der Waals surface area contributed by atoms with Crippen molar-refractivity contribution in [3.05, 3.63) is 82.9 Å². The van der Waals surface area contributed by atoms with Gasteiger partial charge in [-0.25, -0.2) is 4.98 Å². The molecule has 1 amide bonds. The normalized spacial score (nSPS) is 15.0. The second-order valence-corrected chi connectivity index (χ2v) is 9.23. The summed E-state index contributed by atoms with van der Waals surface area (Å²) in [4.78, 5) is 19.8. The van der Waals surface area contributed by atoms with Crippen molar-refractivity contribution in [1.82, 2.24) is 10.1 Å². The van der Waals surface area contributed by atoms with E-state index in [1.165, 1.54) is 18.2 Å². The summed E-state index contributed by atoms with van der Waals surface area (Å²) in [6.45, 7) is 6.37. The number of hydrogen-bond acceptors (Lipinski definition) is 7. The van der Waals surface area contributed by atoms with E-state index in [1.54, 1.807) is 4.90 Å². The molecule has 184 valence electrons. The number of carbonyl (C=O) groups is 1. The Morgan fingerprint density at radius 2 is 1.94 bits per heavy atom. The molecule has 0 saturated carbocycles. The van der Waals surface area contributed by atoms with Crippen LogP contribution in [0.1, 0.15) is 46.4 Å². The first-order valence-corrected chi connectivity index (χ1v) is 11.9. The van der Waals surface area contributed by atoms with Crippen molar-refractivity contribution in [2.45, 2.75) is 46.2 Å². The van der Waals surface area contributed by atoms with Crippen molar-refractivity contribution >= 4 is 17.4 Å². The number of phenolic OH excluding ortho intramolecular Hbond substituents is 2. The number of carbonyl (C=O) groups excluding carboxylic acids is 1. The van der Waals surface area contributed by atoms with Crippen LogP contribution >= 0.6 is 0 Å². The predicted molar refractivity (Wildman–Crippen MR) is 137 cm³/mol. The molecule has 1 atom stereocenters. The van der Waals surface area contributed by atoms with Gasteiger partial charge in [0.1, 0.15) is 17.3 Å². The lowest BCUT2D eigenvalue weighted by atomic mass is 9.92. The summed E-state index contributed by atoms with van der Waals surface area (Å²) in [7, 11) is 0. The molecule has 36 heavy (non-hydrogen) atoms. The number of phenols is 2. The Morgan fingerprint density at radius 1 is 1.11 bits per heavy atom. The number of benzene rings is 2. The highest BCUT2D eigenvalue weighted by Gasteiger charge is 2.30. The quantitative estimate of drug-likeness (QED) is 0.350. The molecule has 3 heterocycles. The van der Waals surface area contributed by atoms with Crippen molar-refractivity contribution < 1.29 is 19.5 Å². The fourth-order valence-electron chi connectivity index (χ4n) is 4.70. The lowest BCUT2D eigenvalue weighted by molar-refractivity contribution is 0.0972. The lowest BCUT2D eigenvalue weighted by Gasteiger charge is -2.36. The van der Waals surface area contributed by atoms with Crippen LogP contribution in [0.25, 0.3) is 11.1 Å². The van der Waals surface area contributed by atoms with Crippen LogP contribution < -0.4 is 10.2 Å². The third-order valence-electron chi connectivity index (χ3n) is 6.56. The molecule has 8 heteroatoms. The van der Waals surface area contributed by atoms with E-state index in [1.807, 2.05) is 51.1 Å². The van der Waals surface area contributed by atoms with E-state index in [9.17, 15) is 15.0 Å². The summed E-state index contributed by atoms with van der Waals surface area (Å²) in [6.07, 6.45) is 1.65. The first-order valence-electron chi connectivity index (χ1n) is 11.9. The highest BCUT2D eigenvalue weighted by molar-refractivity contribution is 6.09. The molecule has 4 aromatic rings. The molecule has 1 aliphatic heterocycles. The van der Waals surface area contributed by atoms with Crippen LogP contribution in [0.5, 0.6) is 11.5 Å². The molecule has 0 aliphatic carbocycles. The van der Waals surface area contributed by atoms with Gasteiger partial charge >= 0.3 is 0 Å². The van der Waals surface area contributed by atoms with Gasteiger partial charge in [-0.2, -0.15) is 0 Å². The van der Waals surface area contributed by atoms with Crippen molar-refractivity contribution in [3.63, 3.8) is 0 Å². The van der Waals surface area contributed by atoms with Crippen molar-refractivity contribution in [2.24, 2.45) is 0 Å². The lowest BCUT2D eigenvalue weighted by Crippen LogP contribution is -2.42. The number of pyridine rings is 1. The summed E-state index contributed by atoms with van der Waals surface area (Å²) in [5, 5.41) is 27.0. The van der Waals surface area contributed by atoms with Crippen molar-refractivity contribution in [3.8, 4) is 22.6 Å². The van der Waals surface area contributed by atoms with E-state index in [0.717, 1.165) is 58.2 Å². The fraction of sp³-hybridized carbons (Fsp3) is 0.250. The number of aryl methyl sites for hydroxylation is 3. The van der Waals surface area contributed by atoms with Gasteiger partial charge in [0.2, 0.25) is 0 Å². The minimum Gasteiger partial charge on any atom is -0.508 e. The molecule has 3 N–H and O–H groups in total. The number of hydrogen-bond donors (Lipinski definition) is 3. The summed E-state index contributed by atoms with van der Waals surface area (Å²) >= 11 is 0. The topological polar surface area (TPSA) is 112 Å². The predicted octanol–water partition coefficient (Wildman–Crippen LogP) is 5.36. The van der Waals surface area contributed by atoms with Gasteiger partial charge in [0.15, 0.2) is 5.76 Å². The van der Waals surface area contributed by atoms with Gasteiger partial charge in [0.05, 0.1) is 17.8 Å². The molecule has 0 unspecified atom stereocenters. The number of nitrogens with zero attached hydrogens (tertiary/aromatic N) is 3. The van der Waals surface area contributed by atoms with E-state index < -0.39 is 0 Å². The highest BCUT2D eigenvalue weighted by Crippen LogP contribution is 2.37. The van der Waals surface area contributed by atoms with E-state index in [-0.39, 0.29) is 29.0 Å². The molecule has 8 nitrogen and oxygen atoms in total. The molecule has 5 rings (SSSR count). The maximum Gasteiger partial charge on any atom is 0.262 e. The van der Waals surface area contributed by atoms with Gasteiger partial charge < -0.3 is 25.0 Å². The maximum absolute atomic E-state index is 13.4. The third-order valence-corrected chi connectivity index (χ3v) is 6.56. The van der Waals surface area contributed by atoms with Gasteiger partial charge in [-0.15, -0.1) is 0 Å². The van der Waals surface area contributed by atoms with E-state index in [0.29, 0.717) is 6.54 Å². The zero-order valence-corrected chi connectivity index (χ0v) is 20.4. The molecule has 0 fully saturated rings. The Balaban J connectivity index is 1.40. The molecule has 0 spiro atoms. The molecule has 2 aromatic carbocycles. The zero-order chi connectivity index (χ0) is 25.4. The Morgan fingerprint density at radius 3 is 2.67 bits per heavy atom. The standard InChI is InChI=1S/C28H28N4O4/c1-16-12-22(36-31-16)15-29-27-11-9-23(18(3)30-27)19-6-10-25-20(13-19)5-4-17(2)32(25)28(35)24-8-7-21(33)14-26(24)34/h6-14,17,33-34H,4-5,15H2,1-3H3,(H,29,30)/t17-/m0/s1. The van der Waals surface area contributed by atoms with Crippen LogP contribution in [0.3, 0.4) is 0 Å². The van der Waals surface area contributed by atoms with Crippen LogP contribution in [-0.2, 0) is 13.0 Å². The largest absolute Gasteiger partial charge is 0.508 e. The molecule has 0 radical (unpaired) electrons. The summed E-state index contributed by atoms with van der Waals surface area (Å²) < 4.78 is 5.24. The average molecular weight is 485 g/mol. The van der Waals surface area contributed by atoms with Crippen LogP contribution in [0.15, 0.2) is 59.1 Å². The SMILES string of the molecule is Cc1cc(CNc2ccc(-c3ccc4c(c3)CC[C@H](C)N4C(=O)c3ccc(O)cc3O)c(C)n2)on1. The van der Waals surface area contributed by atoms with Crippen LogP contribution in [0.4, 0.5) is 11.5 Å². The number of aromatic nitrogens is 2. The van der Waals surface area contributed by atoms with Gasteiger partial charge in [-0.05, 0) is 81.1 Å². The Labute approximate surface area is 209 Å². The smallest absolute Gasteiger partial charge is 0.262 e. The van der Waals surface area contributed by atoms with Gasteiger partial charge in [0, 0.05) is 35.1 Å². The number of anilines is 2. The summed E-state index contributed by atoms with van der Waals surface area (Å²) in [5.74, 6) is 0.898. The highest BCUT2D eigenvalue weighted by atomic mass is 16.5. The number of aromatic hydroxyl groups is 2. The van der Waals surface area contributed by atoms with Crippen LogP contribution in [0, 0.1) is 13.8 Å². The number of amides is 1. The molecule has 0 bridgehead atoms. The molecule has 1 aliphatic rings. The minimum absolute atomic E-state index is 0.0223. The van der Waals surface area contributed by atoms with Gasteiger partial charge in [-0.3, -0.25) is 4.79 Å². The second kappa shape index (κ2) is 9.37. The molecule has 2 aromatic heterocycles. The Kier molecular flexibility index (Phi) is 6.10. The zero-order valence-electron chi connectivity index (χ0n) is 20.4. The summed E-state index contributed by atoms with van der Waals surface area (Å²) in [6, 6.07) is 16.0. The average Bonchev–Trinajstić information content (AvgIpc) is 3.27. The fourth-order valence-corrected chi connectivity index (χ4v) is 4.70. The van der Waals surface area contributed by atoms with E-state index in [2.05, 4.69) is 16.5 Å². The van der Waals surface area contributed by atoms with Crippen LogP contribution in [0.2, 0.25) is 0 Å². The molecular weight excluding hydrogens is 456 g/mol.